The molecular weight excluding hydrogens is 360 g/mol. The van der Waals surface area contributed by atoms with Crippen molar-refractivity contribution >= 4 is 30.0 Å². The molecular formula is C17H21ClN4O4. The van der Waals surface area contributed by atoms with Crippen molar-refractivity contribution < 1.29 is 14.7 Å². The van der Waals surface area contributed by atoms with Crippen LogP contribution in [-0.4, -0.2) is 32.6 Å². The number of carbonyl (C=O) groups excluding carboxylic acids is 1. The zero-order valence-electron chi connectivity index (χ0n) is 14.4. The van der Waals surface area contributed by atoms with Crippen molar-refractivity contribution in [1.29, 1.82) is 0 Å². The Bertz CT molecular complexity index is 836. The van der Waals surface area contributed by atoms with Crippen molar-refractivity contribution in [3.05, 3.63) is 46.9 Å². The fraction of sp³-hybridized carbons (Fsp3) is 0.294. The number of nitrogens with zero attached hydrogens (tertiary/aromatic N) is 2. The van der Waals surface area contributed by atoms with Crippen molar-refractivity contribution in [3.63, 3.8) is 0 Å². The normalized spacial score (nSPS) is 11.5. The Labute approximate surface area is 156 Å². The Kier molecular flexibility index (Phi) is 7.33. The fourth-order valence-corrected chi connectivity index (χ4v) is 2.35. The molecule has 9 heteroatoms. The molecule has 0 aliphatic carbocycles. The van der Waals surface area contributed by atoms with E-state index in [0.717, 1.165) is 4.57 Å². The van der Waals surface area contributed by atoms with E-state index in [2.05, 4.69) is 10.3 Å². The van der Waals surface area contributed by atoms with Crippen LogP contribution in [0.5, 0.6) is 0 Å². The molecule has 0 spiro atoms. The molecule has 1 aromatic heterocycles. The summed E-state index contributed by atoms with van der Waals surface area (Å²) in [6.45, 7) is 2.99. The van der Waals surface area contributed by atoms with Gasteiger partial charge in [0.15, 0.2) is 0 Å². The van der Waals surface area contributed by atoms with Crippen molar-refractivity contribution in [2.24, 2.45) is 5.92 Å². The van der Waals surface area contributed by atoms with Gasteiger partial charge in [0.25, 0.3) is 5.56 Å². The predicted octanol–water partition coefficient (Wildman–Crippen LogP) is 1.14. The van der Waals surface area contributed by atoms with E-state index in [9.17, 15) is 19.5 Å². The van der Waals surface area contributed by atoms with Gasteiger partial charge in [-0.05, 0) is 5.92 Å². The summed E-state index contributed by atoms with van der Waals surface area (Å²) >= 11 is 0. The van der Waals surface area contributed by atoms with E-state index in [1.165, 1.54) is 6.20 Å². The van der Waals surface area contributed by atoms with Gasteiger partial charge >= 0.3 is 5.97 Å². The number of aliphatic carboxylic acids is 1. The highest BCUT2D eigenvalue weighted by Gasteiger charge is 2.24. The third-order valence-electron chi connectivity index (χ3n) is 3.66. The lowest BCUT2D eigenvalue weighted by Gasteiger charge is -2.19. The minimum atomic E-state index is -1.13. The van der Waals surface area contributed by atoms with Gasteiger partial charge in [-0.25, -0.2) is 9.78 Å². The molecule has 1 heterocycles. The van der Waals surface area contributed by atoms with Crippen LogP contribution in [0.25, 0.3) is 11.4 Å². The third kappa shape index (κ3) is 4.82. The molecule has 0 radical (unpaired) electrons. The van der Waals surface area contributed by atoms with Gasteiger partial charge in [-0.15, -0.1) is 12.4 Å². The van der Waals surface area contributed by atoms with Crippen LogP contribution in [0.4, 0.5) is 5.69 Å². The summed E-state index contributed by atoms with van der Waals surface area (Å²) in [6, 6.07) is 7.83. The van der Waals surface area contributed by atoms with Crippen LogP contribution in [0.15, 0.2) is 41.3 Å². The highest BCUT2D eigenvalue weighted by atomic mass is 35.5. The Hall–Kier alpha value is -2.87. The number of nitrogens with one attached hydrogen (secondary N) is 1. The van der Waals surface area contributed by atoms with Crippen LogP contribution in [0.3, 0.4) is 0 Å². The van der Waals surface area contributed by atoms with Gasteiger partial charge in [-0.1, -0.05) is 44.2 Å². The molecule has 1 atom stereocenters. The zero-order valence-corrected chi connectivity index (χ0v) is 15.2. The van der Waals surface area contributed by atoms with E-state index in [4.69, 9.17) is 5.73 Å². The number of benzene rings is 1. The third-order valence-corrected chi connectivity index (χ3v) is 3.66. The zero-order chi connectivity index (χ0) is 18.6. The van der Waals surface area contributed by atoms with Crippen molar-refractivity contribution in [2.45, 2.75) is 26.4 Å². The largest absolute Gasteiger partial charge is 0.480 e. The first-order chi connectivity index (χ1) is 11.8. The van der Waals surface area contributed by atoms with E-state index in [1.807, 2.05) is 6.07 Å². The van der Waals surface area contributed by atoms with Crippen LogP contribution in [0.1, 0.15) is 13.8 Å². The number of aromatic nitrogens is 2. The molecule has 0 fully saturated rings. The van der Waals surface area contributed by atoms with Crippen LogP contribution < -0.4 is 16.6 Å². The number of carbonyl (C=O) groups is 2. The van der Waals surface area contributed by atoms with Gasteiger partial charge in [0.1, 0.15) is 24.1 Å². The number of nitrogen functional groups attached to an aromatic ring is 1. The molecule has 1 aromatic carbocycles. The highest BCUT2D eigenvalue weighted by Crippen LogP contribution is 2.15. The predicted molar refractivity (Wildman–Crippen MR) is 100.0 cm³/mol. The Morgan fingerprint density at radius 1 is 1.27 bits per heavy atom. The molecule has 2 rings (SSSR count). The SMILES string of the molecule is CC(C)[C@H](NC(=O)Cn1c(-c2ccccc2)ncc(N)c1=O)C(=O)O.Cl. The molecule has 0 bridgehead atoms. The Balaban J connectivity index is 0.00000338. The van der Waals surface area contributed by atoms with Crippen LogP contribution >= 0.6 is 12.4 Å². The minimum Gasteiger partial charge on any atom is -0.480 e. The molecule has 140 valence electrons. The summed E-state index contributed by atoms with van der Waals surface area (Å²) in [5.74, 6) is -1.76. The molecule has 8 nitrogen and oxygen atoms in total. The number of halogens is 1. The number of nitrogens with two attached hydrogens (primary N) is 1. The standard InChI is InChI=1S/C17H20N4O4.ClH/c1-10(2)14(17(24)25)20-13(22)9-21-15(11-6-4-3-5-7-11)19-8-12(18)16(21)23;/h3-8,10,14H,9,18H2,1-2H3,(H,20,22)(H,24,25);1H/t14-;/m0./s1. The Morgan fingerprint density at radius 3 is 2.42 bits per heavy atom. The van der Waals surface area contributed by atoms with E-state index in [-0.39, 0.29) is 36.4 Å². The second-order valence-electron chi connectivity index (χ2n) is 5.92. The summed E-state index contributed by atoms with van der Waals surface area (Å²) in [5, 5.41) is 11.6. The number of carboxylic acids is 1. The van der Waals surface area contributed by atoms with Gasteiger partial charge in [0.05, 0.1) is 6.20 Å². The average molecular weight is 381 g/mol. The number of hydrogen-bond acceptors (Lipinski definition) is 5. The first kappa shape index (κ1) is 21.2. The second-order valence-corrected chi connectivity index (χ2v) is 5.92. The Morgan fingerprint density at radius 2 is 1.88 bits per heavy atom. The molecule has 0 aliphatic rings. The van der Waals surface area contributed by atoms with Crippen LogP contribution in [0.2, 0.25) is 0 Å². The van der Waals surface area contributed by atoms with E-state index in [1.54, 1.807) is 38.1 Å². The van der Waals surface area contributed by atoms with Gasteiger partial charge < -0.3 is 16.2 Å². The quantitative estimate of drug-likeness (QED) is 0.689. The van der Waals surface area contributed by atoms with Crippen LogP contribution in [-0.2, 0) is 16.1 Å². The molecule has 1 amide bonds. The average Bonchev–Trinajstić information content (AvgIpc) is 2.57. The summed E-state index contributed by atoms with van der Waals surface area (Å²) in [6.07, 6.45) is 1.24. The maximum absolute atomic E-state index is 12.4. The van der Waals surface area contributed by atoms with Gasteiger partial charge in [0, 0.05) is 5.56 Å². The maximum atomic E-state index is 12.4. The number of rotatable bonds is 6. The van der Waals surface area contributed by atoms with E-state index in [0.29, 0.717) is 5.56 Å². The molecule has 0 aliphatic heterocycles. The molecule has 2 aromatic rings. The first-order valence-electron chi connectivity index (χ1n) is 7.74. The first-order valence-corrected chi connectivity index (χ1v) is 7.74. The summed E-state index contributed by atoms with van der Waals surface area (Å²) < 4.78 is 1.14. The monoisotopic (exact) mass is 380 g/mol. The molecule has 4 N–H and O–H groups in total. The summed E-state index contributed by atoms with van der Waals surface area (Å²) in [4.78, 5) is 40.0. The number of anilines is 1. The number of hydrogen-bond donors (Lipinski definition) is 3. The van der Waals surface area contributed by atoms with Gasteiger partial charge in [-0.2, -0.15) is 0 Å². The van der Waals surface area contributed by atoms with Crippen molar-refractivity contribution in [3.8, 4) is 11.4 Å². The van der Waals surface area contributed by atoms with Crippen molar-refractivity contribution in [1.82, 2.24) is 14.9 Å². The summed E-state index contributed by atoms with van der Waals surface area (Å²) in [7, 11) is 0. The lowest BCUT2D eigenvalue weighted by Crippen LogP contribution is -2.46. The smallest absolute Gasteiger partial charge is 0.326 e. The van der Waals surface area contributed by atoms with Crippen LogP contribution in [0, 0.1) is 5.92 Å². The highest BCUT2D eigenvalue weighted by molar-refractivity contribution is 5.85. The molecule has 0 saturated heterocycles. The lowest BCUT2D eigenvalue weighted by molar-refractivity contribution is -0.143. The fourth-order valence-electron chi connectivity index (χ4n) is 2.35. The van der Waals surface area contributed by atoms with Gasteiger partial charge in [0.2, 0.25) is 5.91 Å². The van der Waals surface area contributed by atoms with E-state index < -0.39 is 23.5 Å². The lowest BCUT2D eigenvalue weighted by atomic mass is 10.0. The maximum Gasteiger partial charge on any atom is 0.326 e. The molecule has 0 saturated carbocycles. The number of carboxylic acid groups (broad SMARTS) is 1. The number of amides is 1. The summed E-state index contributed by atoms with van der Waals surface area (Å²) in [5.41, 5.74) is 5.62. The van der Waals surface area contributed by atoms with E-state index >= 15 is 0 Å². The topological polar surface area (TPSA) is 127 Å². The second kappa shape index (κ2) is 9.00. The minimum absolute atomic E-state index is 0. The molecule has 26 heavy (non-hydrogen) atoms. The van der Waals surface area contributed by atoms with Crippen molar-refractivity contribution in [2.75, 3.05) is 5.73 Å². The van der Waals surface area contributed by atoms with Gasteiger partial charge in [-0.3, -0.25) is 14.2 Å². The molecule has 0 unspecified atom stereocenters.